The van der Waals surface area contributed by atoms with Crippen LogP contribution in [0, 0.1) is 0 Å². The van der Waals surface area contributed by atoms with Gasteiger partial charge in [0.1, 0.15) is 5.25 Å². The Hall–Kier alpha value is -2.84. The van der Waals surface area contributed by atoms with Gasteiger partial charge in [-0.3, -0.25) is 14.5 Å². The van der Waals surface area contributed by atoms with E-state index in [0.717, 1.165) is 32.1 Å². The van der Waals surface area contributed by atoms with Crippen LogP contribution in [0.2, 0.25) is 5.02 Å². The number of aromatic carboxylic acids is 1. The highest BCUT2D eigenvalue weighted by atomic mass is 35.5. The number of halogens is 1. The second-order valence-corrected chi connectivity index (χ2v) is 9.63. The number of amides is 2. The van der Waals surface area contributed by atoms with Crippen LogP contribution in [0.4, 0.5) is 11.4 Å². The van der Waals surface area contributed by atoms with Crippen LogP contribution in [0.5, 0.6) is 0 Å². The van der Waals surface area contributed by atoms with Crippen molar-refractivity contribution in [3.8, 4) is 0 Å². The number of aliphatic imine (C=N–C) groups is 1. The number of carboxylic acid groups (broad SMARTS) is 1. The Kier molecular flexibility index (Phi) is 9.53. The first kappa shape index (κ1) is 25.8. The van der Waals surface area contributed by atoms with Gasteiger partial charge in [-0.1, -0.05) is 68.1 Å². The molecule has 2 N–H and O–H groups in total. The molecule has 0 aliphatic carbocycles. The number of unbranched alkanes of at least 4 members (excludes halogenated alkanes) is 4. The molecule has 0 aromatic heterocycles. The average Bonchev–Trinajstić information content (AvgIpc) is 2.80. The molecule has 1 fully saturated rings. The lowest BCUT2D eigenvalue weighted by Gasteiger charge is -2.32. The number of nitrogens with zero attached hydrogens (tertiary/aromatic N) is 2. The van der Waals surface area contributed by atoms with E-state index in [9.17, 15) is 19.5 Å². The van der Waals surface area contributed by atoms with Crippen LogP contribution in [0.1, 0.15) is 55.8 Å². The Balaban J connectivity index is 1.77. The second kappa shape index (κ2) is 12.6. The van der Waals surface area contributed by atoms with Crippen LogP contribution in [0.15, 0.2) is 53.5 Å². The van der Waals surface area contributed by atoms with Crippen molar-refractivity contribution in [3.05, 3.63) is 59.1 Å². The van der Waals surface area contributed by atoms with Gasteiger partial charge in [-0.05, 0) is 42.8 Å². The first-order valence-electron chi connectivity index (χ1n) is 11.3. The number of benzene rings is 2. The Morgan fingerprint density at radius 2 is 1.91 bits per heavy atom. The maximum atomic E-state index is 13.0. The number of anilines is 1. The first-order chi connectivity index (χ1) is 16.4. The van der Waals surface area contributed by atoms with Gasteiger partial charge >= 0.3 is 5.97 Å². The van der Waals surface area contributed by atoms with Crippen LogP contribution in [0.3, 0.4) is 0 Å². The number of thioether (sulfide) groups is 1. The molecule has 2 aromatic rings. The fourth-order valence-corrected chi connectivity index (χ4v) is 4.85. The van der Waals surface area contributed by atoms with Gasteiger partial charge in [-0.2, -0.15) is 0 Å². The molecule has 0 spiro atoms. The van der Waals surface area contributed by atoms with E-state index in [2.05, 4.69) is 17.2 Å². The summed E-state index contributed by atoms with van der Waals surface area (Å²) in [6.45, 7) is 2.70. The van der Waals surface area contributed by atoms with E-state index >= 15 is 0 Å². The van der Waals surface area contributed by atoms with E-state index in [-0.39, 0.29) is 23.8 Å². The molecular weight excluding hydrogens is 474 g/mol. The number of hydrogen-bond acceptors (Lipinski definition) is 5. The van der Waals surface area contributed by atoms with Crippen LogP contribution in [0.25, 0.3) is 0 Å². The van der Waals surface area contributed by atoms with Crippen molar-refractivity contribution in [2.75, 3.05) is 11.9 Å². The van der Waals surface area contributed by atoms with Gasteiger partial charge in [0.05, 0.1) is 11.3 Å². The van der Waals surface area contributed by atoms with Crippen molar-refractivity contribution in [3.63, 3.8) is 0 Å². The van der Waals surface area contributed by atoms with Crippen molar-refractivity contribution in [2.24, 2.45) is 4.99 Å². The Morgan fingerprint density at radius 3 is 2.65 bits per heavy atom. The molecule has 1 atom stereocenters. The second-order valence-electron chi connectivity index (χ2n) is 8.02. The van der Waals surface area contributed by atoms with E-state index in [0.29, 0.717) is 28.1 Å². The van der Waals surface area contributed by atoms with Gasteiger partial charge in [-0.15, -0.1) is 0 Å². The average molecular weight is 502 g/mol. The molecule has 180 valence electrons. The molecule has 1 unspecified atom stereocenters. The van der Waals surface area contributed by atoms with E-state index in [1.165, 1.54) is 23.9 Å². The molecule has 9 heteroatoms. The Labute approximate surface area is 208 Å². The summed E-state index contributed by atoms with van der Waals surface area (Å²) in [7, 11) is 0. The summed E-state index contributed by atoms with van der Waals surface area (Å²) in [6, 6.07) is 13.0. The van der Waals surface area contributed by atoms with E-state index in [1.807, 2.05) is 0 Å². The molecule has 1 aliphatic heterocycles. The lowest BCUT2D eigenvalue weighted by Crippen LogP contribution is -2.45. The van der Waals surface area contributed by atoms with E-state index in [4.69, 9.17) is 11.6 Å². The molecule has 0 bridgehead atoms. The zero-order chi connectivity index (χ0) is 24.5. The monoisotopic (exact) mass is 501 g/mol. The third-order valence-corrected chi connectivity index (χ3v) is 6.75. The lowest BCUT2D eigenvalue weighted by molar-refractivity contribution is -0.129. The van der Waals surface area contributed by atoms with Crippen molar-refractivity contribution in [1.82, 2.24) is 4.90 Å². The SMILES string of the molecule is CCCCCCCN1C(=O)CC(C(=O)Nc2cccc(C(=O)O)c2)SC1=Nc1cccc(Cl)c1. The molecule has 1 heterocycles. The quantitative estimate of drug-likeness (QED) is 0.391. The van der Waals surface area contributed by atoms with Gasteiger partial charge in [0.15, 0.2) is 5.17 Å². The minimum Gasteiger partial charge on any atom is -0.478 e. The highest BCUT2D eigenvalue weighted by Crippen LogP contribution is 2.31. The maximum absolute atomic E-state index is 13.0. The fraction of sp³-hybridized carbons (Fsp3) is 0.360. The summed E-state index contributed by atoms with van der Waals surface area (Å²) in [5.41, 5.74) is 1.04. The molecule has 2 amide bonds. The molecule has 3 rings (SSSR count). The van der Waals surface area contributed by atoms with Gasteiger partial charge in [0.2, 0.25) is 11.8 Å². The summed E-state index contributed by atoms with van der Waals surface area (Å²) >= 11 is 7.34. The number of rotatable bonds is 10. The predicted molar refractivity (Wildman–Crippen MR) is 137 cm³/mol. The molecule has 0 saturated carbocycles. The third-order valence-electron chi connectivity index (χ3n) is 5.33. The van der Waals surface area contributed by atoms with Crippen molar-refractivity contribution < 1.29 is 19.5 Å². The zero-order valence-corrected chi connectivity index (χ0v) is 20.6. The zero-order valence-electron chi connectivity index (χ0n) is 19.0. The maximum Gasteiger partial charge on any atom is 0.335 e. The first-order valence-corrected chi connectivity index (χ1v) is 12.6. The fourth-order valence-electron chi connectivity index (χ4n) is 3.54. The van der Waals surface area contributed by atoms with Crippen LogP contribution in [-0.2, 0) is 9.59 Å². The molecule has 1 saturated heterocycles. The van der Waals surface area contributed by atoms with Gasteiger partial charge in [-0.25, -0.2) is 9.79 Å². The van der Waals surface area contributed by atoms with E-state index in [1.54, 1.807) is 41.3 Å². The number of carbonyl (C=O) groups excluding carboxylic acids is 2. The minimum absolute atomic E-state index is 0.0403. The molecular formula is C25H28ClN3O4S. The van der Waals surface area contributed by atoms with Gasteiger partial charge in [0, 0.05) is 23.7 Å². The smallest absolute Gasteiger partial charge is 0.335 e. The molecule has 2 aromatic carbocycles. The van der Waals surface area contributed by atoms with E-state index < -0.39 is 11.2 Å². The summed E-state index contributed by atoms with van der Waals surface area (Å²) < 4.78 is 0. The number of carbonyl (C=O) groups is 3. The Morgan fingerprint density at radius 1 is 1.15 bits per heavy atom. The molecule has 1 aliphatic rings. The van der Waals surface area contributed by atoms with Gasteiger partial charge in [0.25, 0.3) is 0 Å². The largest absolute Gasteiger partial charge is 0.478 e. The van der Waals surface area contributed by atoms with Crippen LogP contribution < -0.4 is 5.32 Å². The summed E-state index contributed by atoms with van der Waals surface area (Å²) in [5.74, 6) is -1.61. The van der Waals surface area contributed by atoms with Gasteiger partial charge < -0.3 is 10.4 Å². The highest BCUT2D eigenvalue weighted by Gasteiger charge is 2.35. The standard InChI is InChI=1S/C25H28ClN3O4S/c1-2-3-4-5-6-13-29-22(30)16-21(34-25(29)28-20-12-8-10-18(26)15-20)23(31)27-19-11-7-9-17(14-19)24(32)33/h7-12,14-15,21H,2-6,13,16H2,1H3,(H,27,31)(H,32,33). The summed E-state index contributed by atoms with van der Waals surface area (Å²) in [6.07, 6.45) is 5.35. The summed E-state index contributed by atoms with van der Waals surface area (Å²) in [4.78, 5) is 43.5. The number of carboxylic acids is 1. The van der Waals surface area contributed by atoms with Crippen molar-refractivity contribution >= 4 is 57.7 Å². The number of amidine groups is 1. The summed E-state index contributed by atoms with van der Waals surface area (Å²) in [5, 5.41) is 12.2. The normalized spacial score (nSPS) is 17.1. The molecule has 0 radical (unpaired) electrons. The van der Waals surface area contributed by atoms with Crippen LogP contribution in [-0.4, -0.2) is 44.8 Å². The highest BCUT2D eigenvalue weighted by molar-refractivity contribution is 8.15. The lowest BCUT2D eigenvalue weighted by atomic mass is 10.1. The van der Waals surface area contributed by atoms with Crippen molar-refractivity contribution in [2.45, 2.75) is 50.7 Å². The van der Waals surface area contributed by atoms with Crippen LogP contribution >= 0.6 is 23.4 Å². The Bertz CT molecular complexity index is 1080. The molecule has 7 nitrogen and oxygen atoms in total. The van der Waals surface area contributed by atoms with Crippen molar-refractivity contribution in [1.29, 1.82) is 0 Å². The topological polar surface area (TPSA) is 99.1 Å². The predicted octanol–water partition coefficient (Wildman–Crippen LogP) is 5.97. The minimum atomic E-state index is -1.08. The number of hydrogen-bond donors (Lipinski definition) is 2. The molecule has 34 heavy (non-hydrogen) atoms. The third kappa shape index (κ3) is 7.33. The number of nitrogens with one attached hydrogen (secondary N) is 1.